The first kappa shape index (κ1) is 14.0. The summed E-state index contributed by atoms with van der Waals surface area (Å²) in [6.07, 6.45) is 0. The molecule has 19 heavy (non-hydrogen) atoms. The predicted octanol–water partition coefficient (Wildman–Crippen LogP) is 2.27. The number of carbonyl (C=O) groups is 1. The van der Waals surface area contributed by atoms with Crippen molar-refractivity contribution in [1.82, 2.24) is 10.6 Å². The second kappa shape index (κ2) is 5.71. The average molecular weight is 296 g/mol. The van der Waals surface area contributed by atoms with Crippen LogP contribution < -0.4 is 10.6 Å². The number of carbonyl (C=O) groups excluding carboxylic acids is 1. The van der Waals surface area contributed by atoms with E-state index in [4.69, 9.17) is 17.0 Å². The van der Waals surface area contributed by atoms with Gasteiger partial charge in [-0.1, -0.05) is 6.58 Å². The Hall–Kier alpha value is -1.40. The minimum absolute atomic E-state index is 0.209. The van der Waals surface area contributed by atoms with Crippen LogP contribution in [-0.4, -0.2) is 17.7 Å². The number of hydrogen-bond donors (Lipinski definition) is 2. The zero-order chi connectivity index (χ0) is 14.0. The van der Waals surface area contributed by atoms with Gasteiger partial charge in [0.15, 0.2) is 5.11 Å². The van der Waals surface area contributed by atoms with Crippen LogP contribution in [0, 0.1) is 12.8 Å². The van der Waals surface area contributed by atoms with Crippen molar-refractivity contribution >= 4 is 34.6 Å². The predicted molar refractivity (Wildman–Crippen MR) is 79.9 cm³/mol. The average Bonchev–Trinajstić information content (AvgIpc) is 2.75. The monoisotopic (exact) mass is 296 g/mol. The lowest BCUT2D eigenvalue weighted by Crippen LogP contribution is -2.50. The summed E-state index contributed by atoms with van der Waals surface area (Å²) in [5.41, 5.74) is 0.582. The number of ether oxygens (including phenoxy) is 1. The van der Waals surface area contributed by atoms with Gasteiger partial charge in [0, 0.05) is 15.5 Å². The lowest BCUT2D eigenvalue weighted by Gasteiger charge is -2.33. The molecular weight excluding hydrogens is 280 g/mol. The number of thiocarbonyl (C=S) groups is 1. The first-order valence-electron chi connectivity index (χ1n) is 6.02. The molecule has 102 valence electrons. The molecule has 0 aromatic carbocycles. The second-order valence-corrected chi connectivity index (χ2v) is 6.01. The van der Waals surface area contributed by atoms with Crippen LogP contribution in [0.1, 0.15) is 22.7 Å². The molecule has 0 aliphatic carbocycles. The van der Waals surface area contributed by atoms with E-state index >= 15 is 0 Å². The number of esters is 1. The maximum Gasteiger partial charge on any atom is 0.317 e. The van der Waals surface area contributed by atoms with Gasteiger partial charge in [0.1, 0.15) is 5.92 Å². The van der Waals surface area contributed by atoms with Crippen LogP contribution in [0.15, 0.2) is 24.4 Å². The van der Waals surface area contributed by atoms with Crippen molar-refractivity contribution in [3.63, 3.8) is 0 Å². The lowest BCUT2D eigenvalue weighted by atomic mass is 9.93. The van der Waals surface area contributed by atoms with Crippen molar-refractivity contribution in [3.05, 3.63) is 34.2 Å². The summed E-state index contributed by atoms with van der Waals surface area (Å²) in [6.45, 7) is 8.07. The summed E-state index contributed by atoms with van der Waals surface area (Å²) >= 11 is 6.78. The molecule has 1 saturated heterocycles. The molecule has 4 nitrogen and oxygen atoms in total. The minimum atomic E-state index is -0.468. The van der Waals surface area contributed by atoms with Crippen molar-refractivity contribution in [2.45, 2.75) is 19.9 Å². The van der Waals surface area contributed by atoms with Crippen molar-refractivity contribution in [2.24, 2.45) is 5.92 Å². The highest BCUT2D eigenvalue weighted by molar-refractivity contribution is 7.80. The Balaban J connectivity index is 2.32. The third kappa shape index (κ3) is 2.96. The summed E-state index contributed by atoms with van der Waals surface area (Å²) < 4.78 is 5.13. The molecule has 1 aliphatic rings. The molecule has 1 aliphatic heterocycles. The van der Waals surface area contributed by atoms with Crippen LogP contribution in [0.5, 0.6) is 0 Å². The molecule has 1 aromatic rings. The number of rotatable bonds is 3. The van der Waals surface area contributed by atoms with Crippen molar-refractivity contribution in [3.8, 4) is 0 Å². The Morgan fingerprint density at radius 1 is 1.58 bits per heavy atom. The van der Waals surface area contributed by atoms with E-state index in [1.54, 1.807) is 18.3 Å². The fourth-order valence-corrected chi connectivity index (χ4v) is 3.28. The van der Waals surface area contributed by atoms with Crippen LogP contribution in [0.2, 0.25) is 0 Å². The van der Waals surface area contributed by atoms with Crippen LogP contribution in [-0.2, 0) is 9.53 Å². The summed E-state index contributed by atoms with van der Waals surface area (Å²) in [6, 6.07) is 3.82. The highest BCUT2D eigenvalue weighted by Crippen LogP contribution is 2.34. The normalized spacial score (nSPS) is 22.6. The van der Waals surface area contributed by atoms with Gasteiger partial charge >= 0.3 is 5.97 Å². The smallest absolute Gasteiger partial charge is 0.317 e. The van der Waals surface area contributed by atoms with Gasteiger partial charge in [0.05, 0.1) is 12.6 Å². The summed E-state index contributed by atoms with van der Waals surface area (Å²) in [4.78, 5) is 14.3. The molecule has 6 heteroatoms. The Labute approximate surface area is 121 Å². The number of nitrogens with one attached hydrogen (secondary N) is 2. The molecule has 1 fully saturated rings. The number of hydrogen-bond acceptors (Lipinski definition) is 4. The van der Waals surface area contributed by atoms with E-state index in [0.717, 1.165) is 4.88 Å². The van der Waals surface area contributed by atoms with E-state index in [0.29, 0.717) is 17.4 Å². The van der Waals surface area contributed by atoms with E-state index in [-0.39, 0.29) is 12.0 Å². The summed E-state index contributed by atoms with van der Waals surface area (Å²) in [7, 11) is 0. The van der Waals surface area contributed by atoms with Crippen molar-refractivity contribution < 1.29 is 9.53 Å². The van der Waals surface area contributed by atoms with Gasteiger partial charge in [0.2, 0.25) is 0 Å². The molecule has 2 rings (SSSR count). The SMILES string of the molecule is C=C1NC(=S)NC(c2ccc(C)s2)C1C(=O)OCC. The van der Waals surface area contributed by atoms with Gasteiger partial charge < -0.3 is 15.4 Å². The molecular formula is C13H16N2O2S2. The Kier molecular flexibility index (Phi) is 4.21. The van der Waals surface area contributed by atoms with Crippen LogP contribution >= 0.6 is 23.6 Å². The topological polar surface area (TPSA) is 50.4 Å². The zero-order valence-electron chi connectivity index (χ0n) is 10.9. The van der Waals surface area contributed by atoms with E-state index < -0.39 is 5.92 Å². The minimum Gasteiger partial charge on any atom is -0.465 e. The molecule has 0 saturated carbocycles. The van der Waals surface area contributed by atoms with E-state index in [1.807, 2.05) is 19.1 Å². The fourth-order valence-electron chi connectivity index (χ4n) is 2.05. The van der Waals surface area contributed by atoms with Gasteiger partial charge in [-0.3, -0.25) is 4.79 Å². The van der Waals surface area contributed by atoms with Gasteiger partial charge in [-0.15, -0.1) is 11.3 Å². The largest absolute Gasteiger partial charge is 0.465 e. The first-order valence-corrected chi connectivity index (χ1v) is 7.24. The van der Waals surface area contributed by atoms with Crippen molar-refractivity contribution in [2.75, 3.05) is 6.61 Å². The van der Waals surface area contributed by atoms with E-state index in [1.165, 1.54) is 4.88 Å². The Morgan fingerprint density at radius 2 is 2.32 bits per heavy atom. The summed E-state index contributed by atoms with van der Waals surface area (Å²) in [5.74, 6) is -0.754. The van der Waals surface area contributed by atoms with E-state index in [9.17, 15) is 4.79 Å². The quantitative estimate of drug-likeness (QED) is 0.662. The van der Waals surface area contributed by atoms with Crippen LogP contribution in [0.3, 0.4) is 0 Å². The maximum absolute atomic E-state index is 12.1. The standard InChI is InChI=1S/C13H16N2O2S2/c1-4-17-12(16)10-8(3)14-13(18)15-11(10)9-6-5-7(2)19-9/h5-6,10-11H,3-4H2,1-2H3,(H2,14,15,18). The highest BCUT2D eigenvalue weighted by atomic mass is 32.1. The first-order chi connectivity index (χ1) is 9.02. The zero-order valence-corrected chi connectivity index (χ0v) is 12.5. The van der Waals surface area contributed by atoms with E-state index in [2.05, 4.69) is 17.2 Å². The summed E-state index contributed by atoms with van der Waals surface area (Å²) in [5, 5.41) is 6.53. The molecule has 2 unspecified atom stereocenters. The molecule has 0 spiro atoms. The Bertz CT molecular complexity index is 524. The molecule has 2 atom stereocenters. The van der Waals surface area contributed by atoms with Gasteiger partial charge in [-0.05, 0) is 38.2 Å². The molecule has 0 bridgehead atoms. The highest BCUT2D eigenvalue weighted by Gasteiger charge is 2.38. The second-order valence-electron chi connectivity index (χ2n) is 4.28. The number of aryl methyl sites for hydroxylation is 1. The van der Waals surface area contributed by atoms with Gasteiger partial charge in [0.25, 0.3) is 0 Å². The van der Waals surface area contributed by atoms with Crippen LogP contribution in [0.4, 0.5) is 0 Å². The molecule has 0 amide bonds. The number of thiophene rings is 1. The fraction of sp³-hybridized carbons (Fsp3) is 0.385. The lowest BCUT2D eigenvalue weighted by molar-refractivity contribution is -0.147. The molecule has 2 heterocycles. The molecule has 1 aromatic heterocycles. The third-order valence-electron chi connectivity index (χ3n) is 2.88. The van der Waals surface area contributed by atoms with Gasteiger partial charge in [-0.2, -0.15) is 0 Å². The maximum atomic E-state index is 12.1. The Morgan fingerprint density at radius 3 is 2.89 bits per heavy atom. The molecule has 0 radical (unpaired) electrons. The van der Waals surface area contributed by atoms with Crippen LogP contribution in [0.25, 0.3) is 0 Å². The molecule has 2 N–H and O–H groups in total. The van der Waals surface area contributed by atoms with Crippen molar-refractivity contribution in [1.29, 1.82) is 0 Å². The van der Waals surface area contributed by atoms with Gasteiger partial charge in [-0.25, -0.2) is 0 Å². The third-order valence-corrected chi connectivity index (χ3v) is 4.18.